The number of ketones is 1. The van der Waals surface area contributed by atoms with E-state index < -0.39 is 0 Å². The lowest BCUT2D eigenvalue weighted by Crippen LogP contribution is -2.29. The smallest absolute Gasteiger partial charge is 0.223 e. The number of carbonyl (C=O) groups excluding carboxylic acids is 1. The predicted octanol–water partition coefficient (Wildman–Crippen LogP) is 6.57. The van der Waals surface area contributed by atoms with Crippen LogP contribution >= 0.6 is 0 Å². The molecule has 1 aromatic heterocycles. The second-order valence-corrected chi connectivity index (χ2v) is 8.37. The molecule has 27 heavy (non-hydrogen) atoms. The van der Waals surface area contributed by atoms with Gasteiger partial charge in [0.15, 0.2) is 11.6 Å². The molecule has 0 saturated heterocycles. The van der Waals surface area contributed by atoms with Gasteiger partial charge in [-0.1, -0.05) is 66.1 Å². The van der Waals surface area contributed by atoms with Gasteiger partial charge in [-0.25, -0.2) is 0 Å². The summed E-state index contributed by atoms with van der Waals surface area (Å²) in [5.41, 5.74) is 4.31. The third-order valence-electron chi connectivity index (χ3n) is 5.32. The summed E-state index contributed by atoms with van der Waals surface area (Å²) in [7, 11) is 0. The topological polar surface area (TPSA) is 56.0 Å². The molecule has 0 N–H and O–H groups in total. The third kappa shape index (κ3) is 5.18. The van der Waals surface area contributed by atoms with Gasteiger partial charge in [-0.15, -0.1) is 0 Å². The molecule has 4 heteroatoms. The Hall–Kier alpha value is -1.71. The fraction of sp³-hybridized carbons (Fsp3) is 0.696. The second-order valence-electron chi connectivity index (χ2n) is 8.37. The van der Waals surface area contributed by atoms with Crippen molar-refractivity contribution in [1.82, 2.24) is 10.1 Å². The molecular formula is C23H38N2O2. The van der Waals surface area contributed by atoms with Crippen LogP contribution in [-0.4, -0.2) is 15.9 Å². The molecule has 0 aliphatic heterocycles. The van der Waals surface area contributed by atoms with Gasteiger partial charge in [-0.2, -0.15) is 4.98 Å². The van der Waals surface area contributed by atoms with E-state index in [1.54, 1.807) is 6.92 Å². The van der Waals surface area contributed by atoms with Crippen molar-refractivity contribution in [2.75, 3.05) is 0 Å². The number of aromatic nitrogens is 2. The standard InChI is InChI=1S/C21H32N2O2.C2H6/c1-9-21(8)10-14(6)19(16(24)11-21)17(12(2)3)18(13(4)5)20-22-15(7)25-23-20;1-2/h12-13H,9-11H2,1-8H3;1-2H3/b18-17+;. The molecule has 1 heterocycles. The summed E-state index contributed by atoms with van der Waals surface area (Å²) in [6, 6.07) is 0. The van der Waals surface area contributed by atoms with E-state index in [2.05, 4.69) is 58.6 Å². The molecule has 0 bridgehead atoms. The van der Waals surface area contributed by atoms with Gasteiger partial charge < -0.3 is 4.52 Å². The van der Waals surface area contributed by atoms with Gasteiger partial charge in [0.2, 0.25) is 5.89 Å². The number of aryl methyl sites for hydroxylation is 1. The minimum absolute atomic E-state index is 0.0769. The van der Waals surface area contributed by atoms with E-state index >= 15 is 0 Å². The summed E-state index contributed by atoms with van der Waals surface area (Å²) >= 11 is 0. The number of allylic oxidation sites excluding steroid dienone is 4. The summed E-state index contributed by atoms with van der Waals surface area (Å²) in [5, 5.41) is 4.15. The predicted molar refractivity (Wildman–Crippen MR) is 112 cm³/mol. The Morgan fingerprint density at radius 3 is 2.00 bits per heavy atom. The maximum atomic E-state index is 13.1. The van der Waals surface area contributed by atoms with Crippen molar-refractivity contribution < 1.29 is 9.32 Å². The van der Waals surface area contributed by atoms with E-state index in [0.717, 1.165) is 29.6 Å². The zero-order valence-electron chi connectivity index (χ0n) is 19.0. The van der Waals surface area contributed by atoms with Gasteiger partial charge >= 0.3 is 0 Å². The summed E-state index contributed by atoms with van der Waals surface area (Å²) in [6.45, 7) is 20.8. The van der Waals surface area contributed by atoms with Gasteiger partial charge in [0.05, 0.1) is 0 Å². The number of carbonyl (C=O) groups is 1. The first-order valence-electron chi connectivity index (χ1n) is 10.4. The fourth-order valence-electron chi connectivity index (χ4n) is 3.97. The van der Waals surface area contributed by atoms with E-state index in [9.17, 15) is 4.79 Å². The molecule has 0 aromatic carbocycles. The van der Waals surface area contributed by atoms with Crippen LogP contribution in [0, 0.1) is 24.2 Å². The molecular weight excluding hydrogens is 336 g/mol. The van der Waals surface area contributed by atoms with Crippen LogP contribution < -0.4 is 0 Å². The molecule has 0 fully saturated rings. The summed E-state index contributed by atoms with van der Waals surface area (Å²) in [5.74, 6) is 1.86. The number of Topliss-reactive ketones (excluding diaryl/α,β-unsaturated/α-hetero) is 1. The molecule has 4 nitrogen and oxygen atoms in total. The average Bonchev–Trinajstić information content (AvgIpc) is 3.00. The van der Waals surface area contributed by atoms with Gasteiger partial charge in [0.1, 0.15) is 0 Å². The lowest BCUT2D eigenvalue weighted by molar-refractivity contribution is -0.118. The lowest BCUT2D eigenvalue weighted by atomic mass is 9.68. The Labute approximate surface area is 165 Å². The first-order chi connectivity index (χ1) is 12.6. The highest BCUT2D eigenvalue weighted by molar-refractivity contribution is 6.03. The molecule has 0 saturated carbocycles. The monoisotopic (exact) mass is 374 g/mol. The lowest BCUT2D eigenvalue weighted by Gasteiger charge is -2.35. The van der Waals surface area contributed by atoms with Crippen molar-refractivity contribution in [3.05, 3.63) is 28.4 Å². The van der Waals surface area contributed by atoms with E-state index in [1.165, 1.54) is 5.57 Å². The van der Waals surface area contributed by atoms with Crippen molar-refractivity contribution in [2.45, 2.75) is 88.5 Å². The normalized spacial score (nSPS) is 21.4. The van der Waals surface area contributed by atoms with E-state index in [4.69, 9.17) is 4.52 Å². The quantitative estimate of drug-likeness (QED) is 0.585. The van der Waals surface area contributed by atoms with Gasteiger partial charge in [0.25, 0.3) is 0 Å². The SMILES string of the molecule is CC.CCC1(C)CC(=O)C(/C(=C(/c2noc(C)n2)C(C)C)C(C)C)=C(C)C1. The number of rotatable bonds is 5. The first-order valence-corrected chi connectivity index (χ1v) is 10.4. The minimum Gasteiger partial charge on any atom is -0.339 e. The van der Waals surface area contributed by atoms with Gasteiger partial charge in [0, 0.05) is 24.5 Å². The molecule has 0 radical (unpaired) electrons. The molecule has 0 amide bonds. The van der Waals surface area contributed by atoms with Crippen LogP contribution in [0.5, 0.6) is 0 Å². The maximum absolute atomic E-state index is 13.1. The number of hydrogen-bond acceptors (Lipinski definition) is 4. The molecule has 1 aliphatic carbocycles. The van der Waals surface area contributed by atoms with E-state index in [1.807, 2.05) is 13.8 Å². The van der Waals surface area contributed by atoms with Crippen molar-refractivity contribution in [3.63, 3.8) is 0 Å². The number of hydrogen-bond donors (Lipinski definition) is 0. The highest BCUT2D eigenvalue weighted by atomic mass is 16.5. The van der Waals surface area contributed by atoms with Crippen molar-refractivity contribution in [1.29, 1.82) is 0 Å². The Balaban J connectivity index is 0.00000176. The second kappa shape index (κ2) is 9.48. The zero-order valence-corrected chi connectivity index (χ0v) is 19.0. The molecule has 152 valence electrons. The summed E-state index contributed by atoms with van der Waals surface area (Å²) in [4.78, 5) is 17.6. The molecule has 0 spiro atoms. The van der Waals surface area contributed by atoms with E-state index in [-0.39, 0.29) is 23.0 Å². The summed E-state index contributed by atoms with van der Waals surface area (Å²) < 4.78 is 5.22. The Morgan fingerprint density at radius 1 is 1.07 bits per heavy atom. The fourth-order valence-corrected chi connectivity index (χ4v) is 3.97. The Bertz CT molecular complexity index is 722. The Morgan fingerprint density at radius 2 is 1.63 bits per heavy atom. The molecule has 1 aliphatic rings. The van der Waals surface area contributed by atoms with Crippen LogP contribution in [0.2, 0.25) is 0 Å². The maximum Gasteiger partial charge on any atom is 0.223 e. The van der Waals surface area contributed by atoms with Crippen molar-refractivity contribution in [2.24, 2.45) is 17.3 Å². The minimum atomic E-state index is 0.0769. The van der Waals surface area contributed by atoms with Crippen LogP contribution in [0.15, 0.2) is 21.2 Å². The molecule has 1 atom stereocenters. The third-order valence-corrected chi connectivity index (χ3v) is 5.32. The van der Waals surface area contributed by atoms with Gasteiger partial charge in [-0.3, -0.25) is 4.79 Å². The van der Waals surface area contributed by atoms with Gasteiger partial charge in [-0.05, 0) is 42.6 Å². The van der Waals surface area contributed by atoms with Crippen LogP contribution in [-0.2, 0) is 4.79 Å². The Kier molecular flexibility index (Phi) is 8.19. The molecule has 2 rings (SSSR count). The average molecular weight is 375 g/mol. The number of nitrogens with zero attached hydrogens (tertiary/aromatic N) is 2. The van der Waals surface area contributed by atoms with E-state index in [0.29, 0.717) is 18.1 Å². The summed E-state index contributed by atoms with van der Waals surface area (Å²) in [6.07, 6.45) is 2.60. The molecule has 1 aromatic rings. The van der Waals surface area contributed by atoms with Crippen molar-refractivity contribution >= 4 is 11.4 Å². The molecule has 1 unspecified atom stereocenters. The van der Waals surface area contributed by atoms with Crippen molar-refractivity contribution in [3.8, 4) is 0 Å². The highest BCUT2D eigenvalue weighted by Gasteiger charge is 2.36. The van der Waals surface area contributed by atoms with Crippen LogP contribution in [0.25, 0.3) is 5.57 Å². The largest absolute Gasteiger partial charge is 0.339 e. The van der Waals surface area contributed by atoms with Crippen LogP contribution in [0.4, 0.5) is 0 Å². The van der Waals surface area contributed by atoms with Crippen LogP contribution in [0.3, 0.4) is 0 Å². The first kappa shape index (κ1) is 23.3. The highest BCUT2D eigenvalue weighted by Crippen LogP contribution is 2.45. The zero-order chi connectivity index (χ0) is 20.9. The van der Waals surface area contributed by atoms with Crippen LogP contribution in [0.1, 0.15) is 93.3 Å².